The summed E-state index contributed by atoms with van der Waals surface area (Å²) in [6.45, 7) is 0. The van der Waals surface area contributed by atoms with E-state index in [-0.39, 0.29) is 17.2 Å². The molecule has 0 saturated carbocycles. The average molecular weight is 264 g/mol. The summed E-state index contributed by atoms with van der Waals surface area (Å²) >= 11 is 5.88. The summed E-state index contributed by atoms with van der Waals surface area (Å²) < 4.78 is 12.9. The molecule has 0 aliphatic heterocycles. The molecule has 0 aliphatic carbocycles. The van der Waals surface area contributed by atoms with Gasteiger partial charge in [0.15, 0.2) is 5.78 Å². The Bertz CT molecular complexity index is 598. The van der Waals surface area contributed by atoms with Gasteiger partial charge in [0.05, 0.1) is 0 Å². The third-order valence-electron chi connectivity index (χ3n) is 2.57. The number of nitrogens with two attached hydrogens (primary N) is 1. The molecule has 2 rings (SSSR count). The van der Waals surface area contributed by atoms with Crippen molar-refractivity contribution < 1.29 is 9.18 Å². The van der Waals surface area contributed by atoms with Crippen LogP contribution in [0.5, 0.6) is 0 Å². The molecule has 0 atom stereocenters. The molecule has 0 fully saturated rings. The van der Waals surface area contributed by atoms with E-state index < -0.39 is 5.82 Å². The first-order chi connectivity index (χ1) is 8.56. The summed E-state index contributed by atoms with van der Waals surface area (Å²) in [7, 11) is 0. The van der Waals surface area contributed by atoms with E-state index in [2.05, 4.69) is 0 Å². The summed E-state index contributed by atoms with van der Waals surface area (Å²) in [5.74, 6) is -0.518. The van der Waals surface area contributed by atoms with Crippen LogP contribution < -0.4 is 5.73 Å². The third-order valence-corrected chi connectivity index (χ3v) is 2.93. The average Bonchev–Trinajstić information content (AvgIpc) is 2.32. The number of hydrogen-bond acceptors (Lipinski definition) is 2. The van der Waals surface area contributed by atoms with Gasteiger partial charge in [0.2, 0.25) is 0 Å². The van der Waals surface area contributed by atoms with E-state index in [1.54, 1.807) is 24.3 Å². The highest BCUT2D eigenvalue weighted by Gasteiger charge is 2.10. The van der Waals surface area contributed by atoms with Crippen molar-refractivity contribution in [1.82, 2.24) is 0 Å². The third kappa shape index (κ3) is 2.87. The second kappa shape index (κ2) is 5.19. The van der Waals surface area contributed by atoms with E-state index in [1.807, 2.05) is 0 Å². The molecule has 2 nitrogen and oxygen atoms in total. The Labute approximate surface area is 109 Å². The van der Waals surface area contributed by atoms with Crippen molar-refractivity contribution in [3.05, 3.63) is 64.4 Å². The predicted molar refractivity (Wildman–Crippen MR) is 70.3 cm³/mol. The maximum Gasteiger partial charge on any atom is 0.167 e. The van der Waals surface area contributed by atoms with Gasteiger partial charge in [-0.2, -0.15) is 0 Å². The number of carbonyl (C=O) groups is 1. The Hall–Kier alpha value is -1.87. The molecular formula is C14H11ClFNO. The number of anilines is 1. The molecule has 0 radical (unpaired) electrons. The van der Waals surface area contributed by atoms with Crippen LogP contribution in [-0.4, -0.2) is 5.78 Å². The zero-order chi connectivity index (χ0) is 13.1. The van der Waals surface area contributed by atoms with Crippen LogP contribution in [0.1, 0.15) is 15.9 Å². The Balaban J connectivity index is 2.21. The van der Waals surface area contributed by atoms with E-state index in [0.717, 1.165) is 0 Å². The highest BCUT2D eigenvalue weighted by atomic mass is 35.5. The van der Waals surface area contributed by atoms with Crippen LogP contribution in [-0.2, 0) is 6.42 Å². The normalized spacial score (nSPS) is 10.3. The molecule has 0 aliphatic rings. The summed E-state index contributed by atoms with van der Waals surface area (Å²) in [5, 5.41) is 0.257. The van der Waals surface area contributed by atoms with Crippen LogP contribution in [0, 0.1) is 5.82 Å². The largest absolute Gasteiger partial charge is 0.399 e. The lowest BCUT2D eigenvalue weighted by molar-refractivity contribution is 0.0993. The maximum atomic E-state index is 12.9. The maximum absolute atomic E-state index is 12.9. The number of hydrogen-bond donors (Lipinski definition) is 1. The molecule has 0 saturated heterocycles. The van der Waals surface area contributed by atoms with Gasteiger partial charge in [-0.1, -0.05) is 29.8 Å². The first-order valence-corrected chi connectivity index (χ1v) is 5.77. The quantitative estimate of drug-likeness (QED) is 0.680. The highest BCUT2D eigenvalue weighted by molar-refractivity contribution is 6.31. The highest BCUT2D eigenvalue weighted by Crippen LogP contribution is 2.19. The monoisotopic (exact) mass is 263 g/mol. The molecule has 0 spiro atoms. The second-order valence-corrected chi connectivity index (χ2v) is 4.37. The van der Waals surface area contributed by atoms with E-state index in [9.17, 15) is 9.18 Å². The van der Waals surface area contributed by atoms with Crippen LogP contribution in [0.2, 0.25) is 5.02 Å². The van der Waals surface area contributed by atoms with Gasteiger partial charge in [0.1, 0.15) is 5.82 Å². The van der Waals surface area contributed by atoms with Gasteiger partial charge in [0, 0.05) is 22.7 Å². The molecular weight excluding hydrogens is 253 g/mol. The van der Waals surface area contributed by atoms with Crippen molar-refractivity contribution in [2.24, 2.45) is 0 Å². The smallest absolute Gasteiger partial charge is 0.167 e. The fraction of sp³-hybridized carbons (Fsp3) is 0.0714. The minimum Gasteiger partial charge on any atom is -0.399 e. The van der Waals surface area contributed by atoms with Gasteiger partial charge in [-0.25, -0.2) is 4.39 Å². The molecule has 0 bridgehead atoms. The SMILES string of the molecule is Nc1cccc(C(=O)Cc2ccc(F)cc2Cl)c1. The number of ketones is 1. The van der Waals surface area contributed by atoms with Gasteiger partial charge < -0.3 is 5.73 Å². The van der Waals surface area contributed by atoms with Crippen molar-refractivity contribution in [3.8, 4) is 0 Å². The topological polar surface area (TPSA) is 43.1 Å². The van der Waals surface area contributed by atoms with Crippen molar-refractivity contribution in [1.29, 1.82) is 0 Å². The minimum atomic E-state index is -0.417. The summed E-state index contributed by atoms with van der Waals surface area (Å²) in [4.78, 5) is 12.0. The molecule has 0 aromatic heterocycles. The number of rotatable bonds is 3. The van der Waals surface area contributed by atoms with E-state index in [1.165, 1.54) is 18.2 Å². The Morgan fingerprint density at radius 3 is 2.67 bits per heavy atom. The Kier molecular flexibility index (Phi) is 3.63. The summed E-state index contributed by atoms with van der Waals surface area (Å²) in [5.41, 5.74) is 7.27. The zero-order valence-electron chi connectivity index (χ0n) is 9.49. The number of Topliss-reactive ketones (excluding diaryl/α,β-unsaturated/α-hetero) is 1. The van der Waals surface area contributed by atoms with Gasteiger partial charge in [-0.3, -0.25) is 4.79 Å². The summed E-state index contributed by atoms with van der Waals surface area (Å²) in [6.07, 6.45) is 0.128. The second-order valence-electron chi connectivity index (χ2n) is 3.96. The molecule has 2 N–H and O–H groups in total. The lowest BCUT2D eigenvalue weighted by atomic mass is 10.0. The number of nitrogen functional groups attached to an aromatic ring is 1. The van der Waals surface area contributed by atoms with Gasteiger partial charge >= 0.3 is 0 Å². The molecule has 2 aromatic carbocycles. The van der Waals surface area contributed by atoms with Gasteiger partial charge in [0.25, 0.3) is 0 Å². The molecule has 92 valence electrons. The fourth-order valence-electron chi connectivity index (χ4n) is 1.65. The van der Waals surface area contributed by atoms with Crippen LogP contribution in [0.25, 0.3) is 0 Å². The van der Waals surface area contributed by atoms with Crippen LogP contribution in [0.3, 0.4) is 0 Å². The van der Waals surface area contributed by atoms with Crippen LogP contribution >= 0.6 is 11.6 Å². The molecule has 4 heteroatoms. The molecule has 0 heterocycles. The Morgan fingerprint density at radius 1 is 1.22 bits per heavy atom. The molecule has 18 heavy (non-hydrogen) atoms. The van der Waals surface area contributed by atoms with Crippen LogP contribution in [0.15, 0.2) is 42.5 Å². The van der Waals surface area contributed by atoms with Gasteiger partial charge in [-0.05, 0) is 29.8 Å². The first kappa shape index (κ1) is 12.6. The Morgan fingerprint density at radius 2 is 2.00 bits per heavy atom. The van der Waals surface area contributed by atoms with E-state index in [4.69, 9.17) is 17.3 Å². The molecule has 2 aromatic rings. The molecule has 0 unspecified atom stereocenters. The van der Waals surface area contributed by atoms with Crippen molar-refractivity contribution in [2.45, 2.75) is 6.42 Å². The first-order valence-electron chi connectivity index (χ1n) is 5.39. The predicted octanol–water partition coefficient (Wildman–Crippen LogP) is 3.49. The number of benzene rings is 2. The standard InChI is InChI=1S/C14H11ClFNO/c15-13-8-11(16)5-4-9(13)7-14(18)10-2-1-3-12(17)6-10/h1-6,8H,7,17H2. The lowest BCUT2D eigenvalue weighted by Crippen LogP contribution is -2.04. The van der Waals surface area contributed by atoms with E-state index in [0.29, 0.717) is 16.8 Å². The van der Waals surface area contributed by atoms with Crippen molar-refractivity contribution >= 4 is 23.1 Å². The summed E-state index contributed by atoms with van der Waals surface area (Å²) in [6, 6.07) is 10.7. The number of carbonyl (C=O) groups excluding carboxylic acids is 1. The number of halogens is 2. The van der Waals surface area contributed by atoms with Crippen LogP contribution in [0.4, 0.5) is 10.1 Å². The lowest BCUT2D eigenvalue weighted by Gasteiger charge is -2.04. The van der Waals surface area contributed by atoms with E-state index >= 15 is 0 Å². The van der Waals surface area contributed by atoms with Crippen molar-refractivity contribution in [3.63, 3.8) is 0 Å². The fourth-order valence-corrected chi connectivity index (χ4v) is 1.89. The molecule has 0 amide bonds. The van der Waals surface area contributed by atoms with Crippen molar-refractivity contribution in [2.75, 3.05) is 5.73 Å². The minimum absolute atomic E-state index is 0.101. The van der Waals surface area contributed by atoms with Gasteiger partial charge in [-0.15, -0.1) is 0 Å². The zero-order valence-corrected chi connectivity index (χ0v) is 10.2.